The molecule has 0 aliphatic rings. The van der Waals surface area contributed by atoms with Gasteiger partial charge in [0.2, 0.25) is 0 Å². The molecule has 2 aromatic rings. The van der Waals surface area contributed by atoms with Crippen molar-refractivity contribution in [1.29, 1.82) is 0 Å². The van der Waals surface area contributed by atoms with E-state index in [1.807, 2.05) is 0 Å². The largest absolute Gasteiger partial charge is 0.384 e. The highest BCUT2D eigenvalue weighted by molar-refractivity contribution is 9.10. The lowest BCUT2D eigenvalue weighted by atomic mass is 10.0. The summed E-state index contributed by atoms with van der Waals surface area (Å²) in [6.45, 7) is 0. The van der Waals surface area contributed by atoms with E-state index in [9.17, 15) is 9.50 Å². The molecule has 0 amide bonds. The Morgan fingerprint density at radius 2 is 2.06 bits per heavy atom. The molecule has 5 heteroatoms. The van der Waals surface area contributed by atoms with Gasteiger partial charge in [0.1, 0.15) is 11.9 Å². The molecule has 0 aliphatic carbocycles. The van der Waals surface area contributed by atoms with Crippen LogP contribution in [0, 0.1) is 5.82 Å². The van der Waals surface area contributed by atoms with Crippen LogP contribution < -0.4 is 0 Å². The van der Waals surface area contributed by atoms with E-state index in [1.165, 1.54) is 12.3 Å². The molecule has 0 saturated heterocycles. The Kier molecular flexibility index (Phi) is 3.76. The molecule has 1 aromatic heterocycles. The quantitative estimate of drug-likeness (QED) is 0.916. The zero-order valence-corrected chi connectivity index (χ0v) is 10.9. The fourth-order valence-corrected chi connectivity index (χ4v) is 2.26. The van der Waals surface area contributed by atoms with Crippen molar-refractivity contribution < 1.29 is 9.50 Å². The Morgan fingerprint density at radius 1 is 1.29 bits per heavy atom. The maximum atomic E-state index is 13.0. The molecule has 0 spiro atoms. The monoisotopic (exact) mass is 315 g/mol. The van der Waals surface area contributed by atoms with Crippen LogP contribution in [-0.2, 0) is 0 Å². The molecule has 2 rings (SSSR count). The van der Waals surface area contributed by atoms with Gasteiger partial charge in [-0.05, 0) is 18.2 Å². The van der Waals surface area contributed by atoms with E-state index in [0.717, 1.165) is 10.7 Å². The molecule has 88 valence electrons. The van der Waals surface area contributed by atoms with Crippen molar-refractivity contribution in [3.8, 4) is 0 Å². The van der Waals surface area contributed by atoms with Crippen LogP contribution >= 0.6 is 27.5 Å². The Bertz CT molecular complexity index is 550. The van der Waals surface area contributed by atoms with Crippen molar-refractivity contribution in [1.82, 2.24) is 4.98 Å². The molecule has 1 aromatic carbocycles. The number of benzene rings is 1. The molecule has 0 saturated carbocycles. The lowest BCUT2D eigenvalue weighted by molar-refractivity contribution is 0.219. The van der Waals surface area contributed by atoms with Crippen LogP contribution in [0.1, 0.15) is 17.2 Å². The summed E-state index contributed by atoms with van der Waals surface area (Å²) in [5, 5.41) is 10.5. The molecule has 17 heavy (non-hydrogen) atoms. The molecule has 1 N–H and O–H groups in total. The number of pyridine rings is 1. The van der Waals surface area contributed by atoms with Crippen LogP contribution in [0.4, 0.5) is 4.39 Å². The highest BCUT2D eigenvalue weighted by atomic mass is 79.9. The summed E-state index contributed by atoms with van der Waals surface area (Å²) in [5.74, 6) is -0.491. The number of aromatic nitrogens is 1. The highest BCUT2D eigenvalue weighted by Gasteiger charge is 2.15. The van der Waals surface area contributed by atoms with E-state index in [1.54, 1.807) is 18.2 Å². The van der Waals surface area contributed by atoms with E-state index in [4.69, 9.17) is 11.6 Å². The molecule has 1 heterocycles. The Hall–Kier alpha value is -0.970. The van der Waals surface area contributed by atoms with Gasteiger partial charge in [0.25, 0.3) is 0 Å². The van der Waals surface area contributed by atoms with Gasteiger partial charge < -0.3 is 5.11 Å². The minimum atomic E-state index is -0.987. The number of hydrogen-bond acceptors (Lipinski definition) is 2. The van der Waals surface area contributed by atoms with Crippen LogP contribution in [-0.4, -0.2) is 10.1 Å². The number of nitrogens with zero attached hydrogens (tertiary/aromatic N) is 1. The number of halogens is 3. The predicted octanol–water partition coefficient (Wildman–Crippen LogP) is 3.72. The molecular weight excluding hydrogens is 308 g/mol. The lowest BCUT2D eigenvalue weighted by Crippen LogP contribution is -2.01. The van der Waals surface area contributed by atoms with Crippen LogP contribution in [0.25, 0.3) is 0 Å². The van der Waals surface area contributed by atoms with E-state index < -0.39 is 11.9 Å². The van der Waals surface area contributed by atoms with Gasteiger partial charge >= 0.3 is 0 Å². The average Bonchev–Trinajstić information content (AvgIpc) is 2.28. The van der Waals surface area contributed by atoms with Crippen LogP contribution in [0.2, 0.25) is 5.02 Å². The predicted molar refractivity (Wildman–Crippen MR) is 67.4 cm³/mol. The van der Waals surface area contributed by atoms with Crippen molar-refractivity contribution >= 4 is 27.5 Å². The van der Waals surface area contributed by atoms with Gasteiger partial charge in [-0.1, -0.05) is 33.6 Å². The number of rotatable bonds is 2. The maximum absolute atomic E-state index is 13.0. The topological polar surface area (TPSA) is 33.1 Å². The average molecular weight is 317 g/mol. The fraction of sp³-hybridized carbons (Fsp3) is 0.0833. The van der Waals surface area contributed by atoms with E-state index >= 15 is 0 Å². The molecular formula is C12H8BrClFNO. The SMILES string of the molecule is OC(c1cncc(F)c1)c1ccc(Br)cc1Cl. The molecule has 0 aliphatic heterocycles. The summed E-state index contributed by atoms with van der Waals surface area (Å²) in [6.07, 6.45) is 1.50. The third kappa shape index (κ3) is 2.83. The molecule has 0 radical (unpaired) electrons. The third-order valence-electron chi connectivity index (χ3n) is 2.30. The molecule has 0 fully saturated rings. The zero-order valence-electron chi connectivity index (χ0n) is 8.57. The normalized spacial score (nSPS) is 12.5. The van der Waals surface area contributed by atoms with Gasteiger partial charge in [0, 0.05) is 26.8 Å². The minimum absolute atomic E-state index is 0.370. The summed E-state index contributed by atoms with van der Waals surface area (Å²) >= 11 is 9.28. The van der Waals surface area contributed by atoms with Crippen LogP contribution in [0.3, 0.4) is 0 Å². The number of aliphatic hydroxyl groups excluding tert-OH is 1. The van der Waals surface area contributed by atoms with Crippen molar-refractivity contribution in [2.45, 2.75) is 6.10 Å². The third-order valence-corrected chi connectivity index (χ3v) is 3.12. The molecule has 1 atom stereocenters. The summed E-state index contributed by atoms with van der Waals surface area (Å²) in [6, 6.07) is 6.35. The first kappa shape index (κ1) is 12.5. The van der Waals surface area contributed by atoms with Crippen molar-refractivity contribution in [3.63, 3.8) is 0 Å². The van der Waals surface area contributed by atoms with Gasteiger partial charge in [-0.15, -0.1) is 0 Å². The van der Waals surface area contributed by atoms with Crippen LogP contribution in [0.15, 0.2) is 41.1 Å². The molecule has 0 bridgehead atoms. The summed E-state index contributed by atoms with van der Waals surface area (Å²) in [7, 11) is 0. The molecule has 1 unspecified atom stereocenters. The highest BCUT2D eigenvalue weighted by Crippen LogP contribution is 2.30. The summed E-state index contributed by atoms with van der Waals surface area (Å²) in [4.78, 5) is 3.69. The van der Waals surface area contributed by atoms with Gasteiger partial charge in [0.05, 0.1) is 6.20 Å². The zero-order chi connectivity index (χ0) is 12.4. The minimum Gasteiger partial charge on any atom is -0.384 e. The first-order chi connectivity index (χ1) is 8.08. The van der Waals surface area contributed by atoms with Gasteiger partial charge in [-0.2, -0.15) is 0 Å². The second-order valence-corrected chi connectivity index (χ2v) is 4.83. The van der Waals surface area contributed by atoms with E-state index in [2.05, 4.69) is 20.9 Å². The van der Waals surface area contributed by atoms with Gasteiger partial charge in [0.15, 0.2) is 0 Å². The maximum Gasteiger partial charge on any atom is 0.141 e. The first-order valence-corrected chi connectivity index (χ1v) is 5.98. The van der Waals surface area contributed by atoms with Crippen molar-refractivity contribution in [2.75, 3.05) is 0 Å². The Morgan fingerprint density at radius 3 is 2.71 bits per heavy atom. The van der Waals surface area contributed by atoms with E-state index in [-0.39, 0.29) is 0 Å². The van der Waals surface area contributed by atoms with Crippen LogP contribution in [0.5, 0.6) is 0 Å². The molecule has 2 nitrogen and oxygen atoms in total. The Labute approximate surface area is 111 Å². The first-order valence-electron chi connectivity index (χ1n) is 4.81. The number of hydrogen-bond donors (Lipinski definition) is 1. The van der Waals surface area contributed by atoms with Crippen molar-refractivity contribution in [2.24, 2.45) is 0 Å². The second kappa shape index (κ2) is 5.12. The number of aliphatic hydroxyl groups is 1. The summed E-state index contributed by atoms with van der Waals surface area (Å²) < 4.78 is 13.8. The Balaban J connectivity index is 2.40. The van der Waals surface area contributed by atoms with Crippen molar-refractivity contribution in [3.05, 3.63) is 63.1 Å². The lowest BCUT2D eigenvalue weighted by Gasteiger charge is -2.13. The second-order valence-electron chi connectivity index (χ2n) is 3.50. The fourth-order valence-electron chi connectivity index (χ4n) is 1.48. The standard InChI is InChI=1S/C12H8BrClFNO/c13-8-1-2-10(11(14)4-8)12(17)7-3-9(15)6-16-5-7/h1-6,12,17H. The van der Waals surface area contributed by atoms with Gasteiger partial charge in [-0.3, -0.25) is 4.98 Å². The van der Waals surface area contributed by atoms with Gasteiger partial charge in [-0.25, -0.2) is 4.39 Å². The smallest absolute Gasteiger partial charge is 0.141 e. The van der Waals surface area contributed by atoms with E-state index in [0.29, 0.717) is 16.1 Å². The summed E-state index contributed by atoms with van der Waals surface area (Å²) in [5.41, 5.74) is 0.886.